The summed E-state index contributed by atoms with van der Waals surface area (Å²) < 4.78 is 27.4. The molecule has 0 saturated carbocycles. The molecule has 0 amide bonds. The van der Waals surface area contributed by atoms with E-state index in [1.807, 2.05) is 0 Å². The van der Waals surface area contributed by atoms with Crippen LogP contribution in [0.4, 0.5) is 0 Å². The van der Waals surface area contributed by atoms with E-state index in [0.29, 0.717) is 31.0 Å². The third-order valence-electron chi connectivity index (χ3n) is 4.19. The highest BCUT2D eigenvalue weighted by atomic mass is 32.2. The predicted octanol–water partition coefficient (Wildman–Crippen LogP) is 0.928. The van der Waals surface area contributed by atoms with Crippen LogP contribution in [0.25, 0.3) is 11.5 Å². The van der Waals surface area contributed by atoms with E-state index in [1.165, 1.54) is 4.31 Å². The fourth-order valence-corrected chi connectivity index (χ4v) is 4.17. The Morgan fingerprint density at radius 3 is 2.92 bits per heavy atom. The minimum Gasteiger partial charge on any atom is -0.343 e. The molecule has 24 heavy (non-hydrogen) atoms. The Bertz CT molecular complexity index is 775. The molecule has 1 aliphatic rings. The molecule has 0 aliphatic carbocycles. The molecule has 0 bridgehead atoms. The molecule has 0 unspecified atom stereocenters. The second kappa shape index (κ2) is 6.96. The van der Waals surface area contributed by atoms with Crippen LogP contribution < -0.4 is 0 Å². The molecule has 1 fully saturated rings. The van der Waals surface area contributed by atoms with Gasteiger partial charge in [0.2, 0.25) is 0 Å². The first-order chi connectivity index (χ1) is 11.5. The Labute approximate surface area is 142 Å². The maximum absolute atomic E-state index is 12.3. The Morgan fingerprint density at radius 1 is 1.38 bits per heavy atom. The fourth-order valence-electron chi connectivity index (χ4n) is 2.95. The van der Waals surface area contributed by atoms with Gasteiger partial charge in [-0.05, 0) is 25.2 Å². The lowest BCUT2D eigenvalue weighted by atomic mass is 9.95. The summed E-state index contributed by atoms with van der Waals surface area (Å²) in [6.45, 7) is 1.10. The van der Waals surface area contributed by atoms with E-state index in [4.69, 9.17) is 0 Å². The molecular weight excluding hydrogens is 328 g/mol. The Kier molecular flexibility index (Phi) is 4.93. The molecule has 130 valence electrons. The molecule has 1 N–H and O–H groups in total. The molecule has 9 heteroatoms. The lowest BCUT2D eigenvalue weighted by Crippen LogP contribution is -2.45. The number of hydrogen-bond acceptors (Lipinski definition) is 5. The zero-order chi connectivity index (χ0) is 17.2. The summed E-state index contributed by atoms with van der Waals surface area (Å²) in [6.07, 6.45) is 9.40. The Morgan fingerprint density at radius 2 is 2.21 bits per heavy atom. The Balaban J connectivity index is 1.71. The van der Waals surface area contributed by atoms with Gasteiger partial charge >= 0.3 is 0 Å². The average Bonchev–Trinajstić information content (AvgIpc) is 3.10. The van der Waals surface area contributed by atoms with Crippen molar-refractivity contribution in [3.05, 3.63) is 30.5 Å². The molecule has 3 rings (SSSR count). The molecule has 2 aromatic rings. The van der Waals surface area contributed by atoms with Gasteiger partial charge in [-0.25, -0.2) is 9.97 Å². The summed E-state index contributed by atoms with van der Waals surface area (Å²) in [5.74, 6) is 0.930. The molecule has 0 radical (unpaired) electrons. The molecule has 1 saturated heterocycles. The molecule has 1 aliphatic heterocycles. The van der Waals surface area contributed by atoms with Crippen molar-refractivity contribution in [3.8, 4) is 11.5 Å². The van der Waals surface area contributed by atoms with Crippen LogP contribution >= 0.6 is 0 Å². The van der Waals surface area contributed by atoms with Crippen LogP contribution in [-0.4, -0.2) is 64.1 Å². The van der Waals surface area contributed by atoms with Gasteiger partial charge in [0.05, 0.1) is 11.9 Å². The summed E-state index contributed by atoms with van der Waals surface area (Å²) >= 11 is 0. The monoisotopic (exact) mass is 350 g/mol. The molecule has 8 nitrogen and oxygen atoms in total. The summed E-state index contributed by atoms with van der Waals surface area (Å²) in [4.78, 5) is 16.0. The molecule has 3 heterocycles. The predicted molar refractivity (Wildman–Crippen MR) is 90.2 cm³/mol. The SMILES string of the molecule is CN(C)S(=O)(=O)N1CCC[C@@H](Cc2cncc(-c3ncc[nH]3)n2)C1. The van der Waals surface area contributed by atoms with Crippen LogP contribution in [-0.2, 0) is 16.6 Å². The first-order valence-electron chi connectivity index (χ1n) is 7.95. The van der Waals surface area contributed by atoms with Gasteiger partial charge < -0.3 is 4.98 Å². The van der Waals surface area contributed by atoms with Crippen LogP contribution in [0.3, 0.4) is 0 Å². The van der Waals surface area contributed by atoms with Crippen LogP contribution in [0.1, 0.15) is 18.5 Å². The standard InChI is InChI=1S/C15H22N6O2S/c1-20(2)24(22,23)21-7-3-4-12(11-21)8-13-9-16-10-14(19-13)15-17-5-6-18-15/h5-6,9-10,12H,3-4,7-8,11H2,1-2H3,(H,17,18)/t12-/m0/s1. The van der Waals surface area contributed by atoms with E-state index in [-0.39, 0.29) is 5.92 Å². The van der Waals surface area contributed by atoms with Gasteiger partial charge in [-0.3, -0.25) is 4.98 Å². The van der Waals surface area contributed by atoms with Gasteiger partial charge in [-0.2, -0.15) is 17.0 Å². The molecule has 0 aromatic carbocycles. The second-order valence-corrected chi connectivity index (χ2v) is 8.34. The number of imidazole rings is 1. The normalized spacial score (nSPS) is 19.7. The topological polar surface area (TPSA) is 95.1 Å². The van der Waals surface area contributed by atoms with Gasteiger partial charge in [0.15, 0.2) is 5.82 Å². The van der Waals surface area contributed by atoms with Crippen LogP contribution in [0.5, 0.6) is 0 Å². The number of rotatable bonds is 5. The number of nitrogens with one attached hydrogen (secondary N) is 1. The van der Waals surface area contributed by atoms with Crippen molar-refractivity contribution in [2.45, 2.75) is 19.3 Å². The highest BCUT2D eigenvalue weighted by Gasteiger charge is 2.30. The summed E-state index contributed by atoms with van der Waals surface area (Å²) in [6, 6.07) is 0. The van der Waals surface area contributed by atoms with Crippen molar-refractivity contribution >= 4 is 10.2 Å². The van der Waals surface area contributed by atoms with Crippen LogP contribution in [0.2, 0.25) is 0 Å². The Hall–Kier alpha value is -1.84. The number of aromatic amines is 1. The smallest absolute Gasteiger partial charge is 0.281 e. The highest BCUT2D eigenvalue weighted by molar-refractivity contribution is 7.86. The first-order valence-corrected chi connectivity index (χ1v) is 9.35. The number of piperidine rings is 1. The van der Waals surface area contributed by atoms with Crippen molar-refractivity contribution in [1.29, 1.82) is 0 Å². The van der Waals surface area contributed by atoms with E-state index < -0.39 is 10.2 Å². The summed E-state index contributed by atoms with van der Waals surface area (Å²) in [5.41, 5.74) is 1.56. The zero-order valence-corrected chi connectivity index (χ0v) is 14.7. The molecule has 1 atom stereocenters. The minimum absolute atomic E-state index is 0.245. The molecular formula is C15H22N6O2S. The van der Waals surface area contributed by atoms with E-state index in [2.05, 4.69) is 19.9 Å². The van der Waals surface area contributed by atoms with E-state index >= 15 is 0 Å². The van der Waals surface area contributed by atoms with Crippen molar-refractivity contribution in [1.82, 2.24) is 28.5 Å². The van der Waals surface area contributed by atoms with E-state index in [1.54, 1.807) is 43.2 Å². The van der Waals surface area contributed by atoms with Crippen molar-refractivity contribution in [3.63, 3.8) is 0 Å². The zero-order valence-electron chi connectivity index (χ0n) is 13.9. The van der Waals surface area contributed by atoms with Crippen LogP contribution in [0.15, 0.2) is 24.8 Å². The van der Waals surface area contributed by atoms with Gasteiger partial charge in [-0.15, -0.1) is 0 Å². The quantitative estimate of drug-likeness (QED) is 0.865. The van der Waals surface area contributed by atoms with Gasteiger partial charge in [0.1, 0.15) is 5.69 Å². The highest BCUT2D eigenvalue weighted by Crippen LogP contribution is 2.23. The van der Waals surface area contributed by atoms with Gasteiger partial charge in [-0.1, -0.05) is 0 Å². The van der Waals surface area contributed by atoms with Crippen molar-refractivity contribution < 1.29 is 8.42 Å². The minimum atomic E-state index is -3.35. The summed E-state index contributed by atoms with van der Waals surface area (Å²) in [7, 11) is -0.220. The number of hydrogen-bond donors (Lipinski definition) is 1. The first kappa shape index (κ1) is 17.0. The maximum Gasteiger partial charge on any atom is 0.281 e. The third-order valence-corrected chi connectivity index (χ3v) is 6.10. The molecule has 2 aromatic heterocycles. The van der Waals surface area contributed by atoms with Crippen LogP contribution in [0, 0.1) is 5.92 Å². The largest absolute Gasteiger partial charge is 0.343 e. The maximum atomic E-state index is 12.3. The average molecular weight is 350 g/mol. The lowest BCUT2D eigenvalue weighted by molar-refractivity contribution is 0.253. The van der Waals surface area contributed by atoms with E-state index in [9.17, 15) is 8.42 Å². The molecule has 0 spiro atoms. The van der Waals surface area contributed by atoms with Gasteiger partial charge in [0, 0.05) is 45.8 Å². The number of aromatic nitrogens is 4. The second-order valence-electron chi connectivity index (χ2n) is 6.19. The number of nitrogens with zero attached hydrogens (tertiary/aromatic N) is 5. The summed E-state index contributed by atoms with van der Waals surface area (Å²) in [5, 5.41) is 0. The third kappa shape index (κ3) is 3.63. The lowest BCUT2D eigenvalue weighted by Gasteiger charge is -2.33. The van der Waals surface area contributed by atoms with Crippen molar-refractivity contribution in [2.24, 2.45) is 5.92 Å². The van der Waals surface area contributed by atoms with Crippen molar-refractivity contribution in [2.75, 3.05) is 27.2 Å². The van der Waals surface area contributed by atoms with Gasteiger partial charge in [0.25, 0.3) is 10.2 Å². The fraction of sp³-hybridized carbons (Fsp3) is 0.533. The number of H-pyrrole nitrogens is 1. The van der Waals surface area contributed by atoms with E-state index in [0.717, 1.165) is 18.5 Å².